The molecule has 1 N–H and O–H groups in total. The Hall–Kier alpha value is -0.860. The Morgan fingerprint density at radius 2 is 1.67 bits per heavy atom. The first-order chi connectivity index (χ1) is 15.4. The molecule has 3 aliphatic rings. The van der Waals surface area contributed by atoms with Gasteiger partial charge in [0.1, 0.15) is 5.78 Å². The van der Waals surface area contributed by atoms with E-state index in [1.807, 2.05) is 13.8 Å². The Balaban J connectivity index is 1.95. The van der Waals surface area contributed by atoms with Gasteiger partial charge in [0.15, 0.2) is 0 Å². The van der Waals surface area contributed by atoms with E-state index in [1.165, 1.54) is 12.8 Å². The molecule has 0 amide bonds. The molecule has 0 spiro atoms. The molecule has 5 unspecified atom stereocenters. The van der Waals surface area contributed by atoms with E-state index in [9.17, 15) is 14.7 Å². The fraction of sp³-hybridized carbons (Fsp3) is 0.933. The van der Waals surface area contributed by atoms with Crippen LogP contribution in [-0.2, 0) is 9.59 Å². The molecule has 0 radical (unpaired) electrons. The molecule has 0 aromatic heterocycles. The summed E-state index contributed by atoms with van der Waals surface area (Å²) in [6.07, 6.45) is 10.3. The van der Waals surface area contributed by atoms with Crippen LogP contribution in [-0.4, -0.2) is 16.9 Å². The molecule has 190 valence electrons. The van der Waals surface area contributed by atoms with Gasteiger partial charge in [-0.1, -0.05) is 68.2 Å². The van der Waals surface area contributed by atoms with Crippen molar-refractivity contribution in [1.29, 1.82) is 0 Å². The molecule has 0 heterocycles. The zero-order chi connectivity index (χ0) is 24.8. The first kappa shape index (κ1) is 26.7. The van der Waals surface area contributed by atoms with Crippen molar-refractivity contribution < 1.29 is 14.7 Å². The number of aliphatic carboxylic acids is 1. The second-order valence-corrected chi connectivity index (χ2v) is 13.3. The number of hydrogen-bond acceptors (Lipinski definition) is 2. The molecule has 3 nitrogen and oxygen atoms in total. The molecule has 0 aromatic rings. The van der Waals surface area contributed by atoms with Crippen LogP contribution in [0.1, 0.15) is 120 Å². The third-order valence-electron chi connectivity index (χ3n) is 11.8. The zero-order valence-corrected chi connectivity index (χ0v) is 22.9. The number of carboxylic acid groups (broad SMARTS) is 1. The van der Waals surface area contributed by atoms with Crippen molar-refractivity contribution in [2.45, 2.75) is 120 Å². The fourth-order valence-corrected chi connectivity index (χ4v) is 9.27. The monoisotopic (exact) mass is 460 g/mol. The summed E-state index contributed by atoms with van der Waals surface area (Å²) in [5, 5.41) is 10.4. The van der Waals surface area contributed by atoms with Crippen LogP contribution in [0.5, 0.6) is 0 Å². The predicted molar refractivity (Wildman–Crippen MR) is 136 cm³/mol. The first-order valence-corrected chi connectivity index (χ1v) is 14.1. The zero-order valence-electron chi connectivity index (χ0n) is 22.9. The average Bonchev–Trinajstić information content (AvgIpc) is 3.17. The highest BCUT2D eigenvalue weighted by Gasteiger charge is 2.64. The van der Waals surface area contributed by atoms with Crippen molar-refractivity contribution in [3.63, 3.8) is 0 Å². The molecule has 3 heteroatoms. The van der Waals surface area contributed by atoms with Gasteiger partial charge in [0.2, 0.25) is 0 Å². The van der Waals surface area contributed by atoms with Crippen LogP contribution < -0.4 is 0 Å². The number of carbonyl (C=O) groups excluding carboxylic acids is 1. The van der Waals surface area contributed by atoms with Gasteiger partial charge in [0, 0.05) is 12.3 Å². The van der Waals surface area contributed by atoms with E-state index in [-0.39, 0.29) is 16.7 Å². The van der Waals surface area contributed by atoms with Crippen LogP contribution in [0.4, 0.5) is 0 Å². The molecule has 0 saturated heterocycles. The third-order valence-corrected chi connectivity index (χ3v) is 11.8. The predicted octanol–water partition coefficient (Wildman–Crippen LogP) is 8.01. The van der Waals surface area contributed by atoms with Gasteiger partial charge >= 0.3 is 5.97 Å². The lowest BCUT2D eigenvalue weighted by molar-refractivity contribution is -0.173. The van der Waals surface area contributed by atoms with Crippen molar-refractivity contribution in [3.05, 3.63) is 0 Å². The standard InChI is InChI=1S/C30H52O3/c1-9-21-13-17-30(27(32)33)18-14-23-22(26(21)30)11-12-25(28(23,7)10-2)29(8,20(5)6)16-15-24(31)19(3)4/h19-23,25-26H,9-18H2,1-8H3,(H,32,33)/t21-,22?,23?,25?,26?,28+,29?,30+/m1/s1. The van der Waals surface area contributed by atoms with E-state index >= 15 is 0 Å². The highest BCUT2D eigenvalue weighted by Crippen LogP contribution is 2.69. The minimum Gasteiger partial charge on any atom is -0.481 e. The van der Waals surface area contributed by atoms with Crippen molar-refractivity contribution >= 4 is 11.8 Å². The van der Waals surface area contributed by atoms with E-state index in [2.05, 4.69) is 41.5 Å². The summed E-state index contributed by atoms with van der Waals surface area (Å²) in [6.45, 7) is 18.4. The molecule has 0 aliphatic heterocycles. The molecule has 3 fully saturated rings. The Labute approximate surface area is 203 Å². The number of hydrogen-bond donors (Lipinski definition) is 1. The number of ketones is 1. The van der Waals surface area contributed by atoms with Gasteiger partial charge in [-0.15, -0.1) is 0 Å². The number of fused-ring (bicyclic) bond motifs is 3. The lowest BCUT2D eigenvalue weighted by Gasteiger charge is -2.62. The van der Waals surface area contributed by atoms with E-state index in [1.54, 1.807) is 0 Å². The molecular formula is C30H52O3. The second kappa shape index (κ2) is 9.65. The maximum absolute atomic E-state index is 12.6. The average molecular weight is 461 g/mol. The van der Waals surface area contributed by atoms with Gasteiger partial charge in [-0.05, 0) is 91.3 Å². The summed E-state index contributed by atoms with van der Waals surface area (Å²) in [5.41, 5.74) is -0.107. The number of carbonyl (C=O) groups is 2. The van der Waals surface area contributed by atoms with Crippen molar-refractivity contribution in [2.24, 2.45) is 57.7 Å². The quantitative estimate of drug-likeness (QED) is 0.379. The maximum Gasteiger partial charge on any atom is 0.309 e. The molecule has 0 bridgehead atoms. The molecule has 3 rings (SSSR count). The van der Waals surface area contributed by atoms with Gasteiger partial charge in [0.05, 0.1) is 5.41 Å². The minimum atomic E-state index is -0.513. The summed E-state index contributed by atoms with van der Waals surface area (Å²) < 4.78 is 0. The van der Waals surface area contributed by atoms with Crippen LogP contribution >= 0.6 is 0 Å². The highest BCUT2D eigenvalue weighted by molar-refractivity contribution is 5.80. The molecule has 0 aromatic carbocycles. The van der Waals surface area contributed by atoms with E-state index in [0.29, 0.717) is 47.7 Å². The van der Waals surface area contributed by atoms with Crippen LogP contribution in [0.2, 0.25) is 0 Å². The molecule has 33 heavy (non-hydrogen) atoms. The largest absolute Gasteiger partial charge is 0.481 e. The SMILES string of the molecule is CC[C@@H]1CC[C@]2(C(=O)O)CCC3C(CCC(C(C)(CCC(=O)C(C)C)C(C)C)[C@@]3(C)CC)C12. The Morgan fingerprint density at radius 3 is 2.18 bits per heavy atom. The lowest BCUT2D eigenvalue weighted by atomic mass is 9.42. The molecule has 3 aliphatic carbocycles. The van der Waals surface area contributed by atoms with Crippen molar-refractivity contribution in [3.8, 4) is 0 Å². The van der Waals surface area contributed by atoms with Gasteiger partial charge in [0.25, 0.3) is 0 Å². The summed E-state index contributed by atoms with van der Waals surface area (Å²) >= 11 is 0. The molecular weight excluding hydrogens is 408 g/mol. The van der Waals surface area contributed by atoms with Crippen LogP contribution in [0.25, 0.3) is 0 Å². The number of rotatable bonds is 9. The third kappa shape index (κ3) is 4.22. The number of carboxylic acids is 1. The lowest BCUT2D eigenvalue weighted by Crippen LogP contribution is -2.57. The second-order valence-electron chi connectivity index (χ2n) is 13.3. The fourth-order valence-electron chi connectivity index (χ4n) is 9.27. The number of Topliss-reactive ketones (excluding diaryl/α,β-unsaturated/α-hetero) is 1. The van der Waals surface area contributed by atoms with E-state index in [0.717, 1.165) is 44.9 Å². The van der Waals surface area contributed by atoms with Gasteiger partial charge in [-0.25, -0.2) is 0 Å². The summed E-state index contributed by atoms with van der Waals surface area (Å²) in [5.74, 6) is 3.23. The van der Waals surface area contributed by atoms with Crippen LogP contribution in [0, 0.1) is 57.7 Å². The normalized spacial score (nSPS) is 40.4. The topological polar surface area (TPSA) is 54.4 Å². The van der Waals surface area contributed by atoms with E-state index in [4.69, 9.17) is 0 Å². The maximum atomic E-state index is 12.6. The van der Waals surface area contributed by atoms with Gasteiger partial charge < -0.3 is 5.11 Å². The summed E-state index contributed by atoms with van der Waals surface area (Å²) in [7, 11) is 0. The van der Waals surface area contributed by atoms with Gasteiger partial charge in [-0.3, -0.25) is 9.59 Å². The minimum absolute atomic E-state index is 0.116. The summed E-state index contributed by atoms with van der Waals surface area (Å²) in [4.78, 5) is 25.2. The van der Waals surface area contributed by atoms with Gasteiger partial charge in [-0.2, -0.15) is 0 Å². The Bertz CT molecular complexity index is 726. The Morgan fingerprint density at radius 1 is 1.03 bits per heavy atom. The van der Waals surface area contributed by atoms with E-state index < -0.39 is 11.4 Å². The van der Waals surface area contributed by atoms with Crippen LogP contribution in [0.15, 0.2) is 0 Å². The molecule has 3 saturated carbocycles. The van der Waals surface area contributed by atoms with Crippen molar-refractivity contribution in [1.82, 2.24) is 0 Å². The highest BCUT2D eigenvalue weighted by atomic mass is 16.4. The summed E-state index contributed by atoms with van der Waals surface area (Å²) in [6, 6.07) is 0. The smallest absolute Gasteiger partial charge is 0.309 e. The Kier molecular flexibility index (Phi) is 7.82. The van der Waals surface area contributed by atoms with Crippen LogP contribution in [0.3, 0.4) is 0 Å². The molecule has 8 atom stereocenters. The first-order valence-electron chi connectivity index (χ1n) is 14.1. The van der Waals surface area contributed by atoms with Crippen molar-refractivity contribution in [2.75, 3.05) is 0 Å².